The van der Waals surface area contributed by atoms with Gasteiger partial charge in [-0.05, 0) is 37.0 Å². The quantitative estimate of drug-likeness (QED) is 0.641. The van der Waals surface area contributed by atoms with Gasteiger partial charge in [-0.3, -0.25) is 4.79 Å². The van der Waals surface area contributed by atoms with E-state index in [0.29, 0.717) is 18.7 Å². The van der Waals surface area contributed by atoms with E-state index in [9.17, 15) is 9.59 Å². The minimum absolute atomic E-state index is 0.107. The van der Waals surface area contributed by atoms with Crippen LogP contribution in [-0.4, -0.2) is 33.2 Å². The molecule has 3 rings (SSSR count). The molecular weight excluding hydrogens is 344 g/mol. The Morgan fingerprint density at radius 2 is 1.89 bits per heavy atom. The summed E-state index contributed by atoms with van der Waals surface area (Å²) in [5.74, 6) is 2.01. The van der Waals surface area contributed by atoms with Gasteiger partial charge in [-0.2, -0.15) is 0 Å². The number of aryl methyl sites for hydroxylation is 2. The maximum absolute atomic E-state index is 12.2. The Morgan fingerprint density at radius 3 is 2.67 bits per heavy atom. The molecule has 0 saturated carbocycles. The van der Waals surface area contributed by atoms with Gasteiger partial charge in [0.2, 0.25) is 0 Å². The largest absolute Gasteiger partial charge is 0.352 e. The van der Waals surface area contributed by atoms with Crippen LogP contribution in [0, 0.1) is 0 Å². The summed E-state index contributed by atoms with van der Waals surface area (Å²) in [4.78, 5) is 22.9. The topological polar surface area (TPSA) is 115 Å². The predicted molar refractivity (Wildman–Crippen MR) is 101 cm³/mol. The highest BCUT2D eigenvalue weighted by Crippen LogP contribution is 2.15. The number of rotatable bonds is 7. The fourth-order valence-corrected chi connectivity index (χ4v) is 3.24. The Bertz CT molecular complexity index is 784. The third-order valence-electron chi connectivity index (χ3n) is 4.73. The summed E-state index contributed by atoms with van der Waals surface area (Å²) >= 11 is 0. The molecule has 2 heterocycles. The molecule has 1 aliphatic rings. The van der Waals surface area contributed by atoms with Crippen molar-refractivity contribution in [2.75, 3.05) is 6.54 Å². The van der Waals surface area contributed by atoms with Crippen LogP contribution in [-0.2, 0) is 25.9 Å². The summed E-state index contributed by atoms with van der Waals surface area (Å²) in [5.41, 5.74) is 6.52. The molecule has 0 spiro atoms. The normalized spacial score (nSPS) is 13.5. The standard InChI is InChI=1S/C19H26N6O2/c20-19(27)22-13-14-7-9-15(10-8-14)18(26)21-11-4-6-17-24-23-16-5-2-1-3-12-25(16)17/h7-10H,1-6,11-13H2,(H,21,26)(H3,20,22,27). The van der Waals surface area contributed by atoms with Gasteiger partial charge in [0.05, 0.1) is 0 Å². The summed E-state index contributed by atoms with van der Waals surface area (Å²) in [6.07, 6.45) is 6.26. The molecule has 2 aromatic rings. The van der Waals surface area contributed by atoms with Gasteiger partial charge in [-0.25, -0.2) is 4.79 Å². The molecular formula is C19H26N6O2. The molecule has 4 N–H and O–H groups in total. The molecule has 8 nitrogen and oxygen atoms in total. The molecule has 0 unspecified atom stereocenters. The number of carbonyl (C=O) groups excluding carboxylic acids is 2. The number of amides is 3. The molecule has 0 radical (unpaired) electrons. The van der Waals surface area contributed by atoms with E-state index in [1.165, 1.54) is 19.3 Å². The lowest BCUT2D eigenvalue weighted by molar-refractivity contribution is 0.0953. The maximum atomic E-state index is 12.2. The first-order valence-electron chi connectivity index (χ1n) is 9.45. The van der Waals surface area contributed by atoms with Crippen molar-refractivity contribution in [1.29, 1.82) is 0 Å². The van der Waals surface area contributed by atoms with Crippen LogP contribution in [0.2, 0.25) is 0 Å². The number of nitrogens with one attached hydrogen (secondary N) is 2. The maximum Gasteiger partial charge on any atom is 0.312 e. The highest BCUT2D eigenvalue weighted by atomic mass is 16.2. The van der Waals surface area contributed by atoms with Crippen LogP contribution in [0.1, 0.15) is 53.3 Å². The number of primary amides is 1. The smallest absolute Gasteiger partial charge is 0.312 e. The zero-order chi connectivity index (χ0) is 19.1. The fourth-order valence-electron chi connectivity index (χ4n) is 3.24. The third-order valence-corrected chi connectivity index (χ3v) is 4.73. The number of hydrogen-bond donors (Lipinski definition) is 3. The van der Waals surface area contributed by atoms with Crippen LogP contribution in [0.25, 0.3) is 0 Å². The number of benzene rings is 1. The van der Waals surface area contributed by atoms with Gasteiger partial charge in [-0.15, -0.1) is 10.2 Å². The van der Waals surface area contributed by atoms with E-state index in [4.69, 9.17) is 5.73 Å². The summed E-state index contributed by atoms with van der Waals surface area (Å²) in [6, 6.07) is 6.52. The average Bonchev–Trinajstić information content (AvgIpc) is 2.90. The molecule has 1 aliphatic heterocycles. The Balaban J connectivity index is 1.43. The molecule has 0 bridgehead atoms. The fraction of sp³-hybridized carbons (Fsp3) is 0.474. The number of nitrogens with zero attached hydrogens (tertiary/aromatic N) is 3. The Kier molecular flexibility index (Phi) is 6.40. The molecule has 8 heteroatoms. The van der Waals surface area contributed by atoms with Crippen molar-refractivity contribution in [3.8, 4) is 0 Å². The number of carbonyl (C=O) groups is 2. The molecule has 0 fully saturated rings. The van der Waals surface area contributed by atoms with Crippen LogP contribution in [0.5, 0.6) is 0 Å². The van der Waals surface area contributed by atoms with E-state index in [1.807, 2.05) is 0 Å². The van der Waals surface area contributed by atoms with E-state index in [0.717, 1.165) is 43.0 Å². The molecule has 0 aliphatic carbocycles. The number of hydrogen-bond acceptors (Lipinski definition) is 4. The van der Waals surface area contributed by atoms with E-state index in [1.54, 1.807) is 24.3 Å². The van der Waals surface area contributed by atoms with Crippen LogP contribution < -0.4 is 16.4 Å². The molecule has 27 heavy (non-hydrogen) atoms. The Morgan fingerprint density at radius 1 is 1.07 bits per heavy atom. The zero-order valence-electron chi connectivity index (χ0n) is 15.4. The summed E-state index contributed by atoms with van der Waals surface area (Å²) in [7, 11) is 0. The monoisotopic (exact) mass is 370 g/mol. The zero-order valence-corrected chi connectivity index (χ0v) is 15.4. The van der Waals surface area contributed by atoms with Crippen LogP contribution in [0.3, 0.4) is 0 Å². The van der Waals surface area contributed by atoms with Crippen LogP contribution >= 0.6 is 0 Å². The second-order valence-corrected chi connectivity index (χ2v) is 6.77. The summed E-state index contributed by atoms with van der Waals surface area (Å²) < 4.78 is 2.24. The van der Waals surface area contributed by atoms with Gasteiger partial charge in [0.25, 0.3) is 5.91 Å². The van der Waals surface area contributed by atoms with Crippen molar-refractivity contribution in [1.82, 2.24) is 25.4 Å². The lowest BCUT2D eigenvalue weighted by Gasteiger charge is -2.08. The predicted octanol–water partition coefficient (Wildman–Crippen LogP) is 1.54. The highest BCUT2D eigenvalue weighted by Gasteiger charge is 2.14. The van der Waals surface area contributed by atoms with E-state index in [2.05, 4.69) is 25.4 Å². The molecule has 0 atom stereocenters. The number of nitrogens with two attached hydrogens (primary N) is 1. The van der Waals surface area contributed by atoms with Crippen molar-refractivity contribution in [3.05, 3.63) is 47.0 Å². The second-order valence-electron chi connectivity index (χ2n) is 6.77. The van der Waals surface area contributed by atoms with E-state index < -0.39 is 6.03 Å². The van der Waals surface area contributed by atoms with Gasteiger partial charge >= 0.3 is 6.03 Å². The highest BCUT2D eigenvalue weighted by molar-refractivity contribution is 5.94. The first kappa shape index (κ1) is 18.9. The van der Waals surface area contributed by atoms with Gasteiger partial charge in [0.15, 0.2) is 0 Å². The molecule has 1 aromatic heterocycles. The Hall–Kier alpha value is -2.90. The van der Waals surface area contributed by atoms with E-state index in [-0.39, 0.29) is 5.91 Å². The first-order chi connectivity index (χ1) is 13.1. The molecule has 3 amide bonds. The minimum atomic E-state index is -0.568. The number of urea groups is 1. The average molecular weight is 370 g/mol. The lowest BCUT2D eigenvalue weighted by atomic mass is 10.1. The SMILES string of the molecule is NC(=O)NCc1ccc(C(=O)NCCCc2nnc3n2CCCCC3)cc1. The van der Waals surface area contributed by atoms with Gasteiger partial charge < -0.3 is 20.9 Å². The van der Waals surface area contributed by atoms with Gasteiger partial charge in [0.1, 0.15) is 11.6 Å². The molecule has 144 valence electrons. The van der Waals surface area contributed by atoms with Crippen LogP contribution in [0.15, 0.2) is 24.3 Å². The molecule has 0 saturated heterocycles. The summed E-state index contributed by atoms with van der Waals surface area (Å²) in [6.45, 7) is 1.94. The number of aromatic nitrogens is 3. The van der Waals surface area contributed by atoms with Crippen molar-refractivity contribution < 1.29 is 9.59 Å². The van der Waals surface area contributed by atoms with Gasteiger partial charge in [0, 0.05) is 38.0 Å². The van der Waals surface area contributed by atoms with Crippen molar-refractivity contribution in [2.24, 2.45) is 5.73 Å². The summed E-state index contributed by atoms with van der Waals surface area (Å²) in [5, 5.41) is 14.1. The third kappa shape index (κ3) is 5.29. The van der Waals surface area contributed by atoms with Crippen molar-refractivity contribution in [2.45, 2.75) is 51.6 Å². The first-order valence-corrected chi connectivity index (χ1v) is 9.45. The van der Waals surface area contributed by atoms with Gasteiger partial charge in [-0.1, -0.05) is 18.6 Å². The molecule has 1 aromatic carbocycles. The van der Waals surface area contributed by atoms with Crippen molar-refractivity contribution in [3.63, 3.8) is 0 Å². The second kappa shape index (κ2) is 9.16. The lowest BCUT2D eigenvalue weighted by Crippen LogP contribution is -2.28. The van der Waals surface area contributed by atoms with Crippen molar-refractivity contribution >= 4 is 11.9 Å². The van der Waals surface area contributed by atoms with E-state index >= 15 is 0 Å². The number of fused-ring (bicyclic) bond motifs is 1. The Labute approximate surface area is 158 Å². The van der Waals surface area contributed by atoms with Crippen LogP contribution in [0.4, 0.5) is 4.79 Å². The minimum Gasteiger partial charge on any atom is -0.352 e.